The molecule has 0 atom stereocenters. The molecule has 4 nitrogen and oxygen atoms in total. The van der Waals surface area contributed by atoms with Gasteiger partial charge < -0.3 is 20.4 Å². The van der Waals surface area contributed by atoms with E-state index in [-0.39, 0.29) is 17.1 Å². The van der Waals surface area contributed by atoms with E-state index in [1.807, 2.05) is 0 Å². The molecule has 0 saturated carbocycles. The van der Waals surface area contributed by atoms with E-state index in [1.165, 1.54) is 0 Å². The van der Waals surface area contributed by atoms with Gasteiger partial charge in [-0.1, -0.05) is 24.3 Å². The van der Waals surface area contributed by atoms with Gasteiger partial charge in [-0.25, -0.2) is 0 Å². The topological polar surface area (TPSA) is 80.9 Å². The Balaban J connectivity index is 0.000000284. The van der Waals surface area contributed by atoms with Crippen molar-refractivity contribution in [2.24, 2.45) is 0 Å². The minimum atomic E-state index is -0.616. The van der Waals surface area contributed by atoms with E-state index in [1.54, 1.807) is 48.6 Å². The van der Waals surface area contributed by atoms with Crippen molar-refractivity contribution in [3.8, 4) is 0 Å². The van der Waals surface area contributed by atoms with Crippen LogP contribution in [-0.4, -0.2) is 20.4 Å². The Labute approximate surface area is 109 Å². The van der Waals surface area contributed by atoms with Gasteiger partial charge in [-0.2, -0.15) is 0 Å². The van der Waals surface area contributed by atoms with Crippen molar-refractivity contribution in [1.29, 1.82) is 0 Å². The zero-order valence-corrected chi connectivity index (χ0v) is 9.87. The van der Waals surface area contributed by atoms with E-state index in [0.29, 0.717) is 11.1 Å². The van der Waals surface area contributed by atoms with Crippen LogP contribution in [0.4, 0.5) is 0 Å². The molecule has 0 saturated heterocycles. The largest absolute Gasteiger partial charge is 0.481 e. The Morgan fingerprint density at radius 2 is 0.824 bits per heavy atom. The second kappa shape index (κ2) is 7.44. The van der Waals surface area contributed by atoms with Gasteiger partial charge in [0, 0.05) is 17.1 Å². The third-order valence-electron chi connectivity index (χ3n) is 1.84. The fraction of sp³-hybridized carbons (Fsp3) is 0. The molecule has 17 heavy (non-hydrogen) atoms. The van der Waals surface area contributed by atoms with Gasteiger partial charge >= 0.3 is 0 Å². The van der Waals surface area contributed by atoms with Crippen LogP contribution in [0.5, 0.6) is 0 Å². The number of hydrogen-bond donors (Lipinski definition) is 4. The molecule has 0 amide bonds. The van der Waals surface area contributed by atoms with E-state index in [9.17, 15) is 0 Å². The number of hydrogen-bond acceptors (Lipinski definition) is 4. The molecule has 2 rings (SSSR count). The van der Waals surface area contributed by atoms with Gasteiger partial charge in [0.25, 0.3) is 11.9 Å². The van der Waals surface area contributed by atoms with Crippen LogP contribution in [0.1, 0.15) is 0 Å². The Bertz CT molecular complexity index is 361. The molecule has 5 heteroatoms. The summed E-state index contributed by atoms with van der Waals surface area (Å²) in [6, 6.07) is 0. The number of allylic oxidation sites excluding steroid dienone is 10. The van der Waals surface area contributed by atoms with Crippen molar-refractivity contribution in [3.05, 3.63) is 71.6 Å². The molecule has 4 N–H and O–H groups in total. The SMILES string of the molecule is OC(O)=C1C=CC=C1.OC(O)=C1C=CC=C1.[Fe]. The van der Waals surface area contributed by atoms with Crippen LogP contribution < -0.4 is 0 Å². The molecular weight excluding hydrogens is 264 g/mol. The van der Waals surface area contributed by atoms with Crippen molar-refractivity contribution < 1.29 is 37.5 Å². The quantitative estimate of drug-likeness (QED) is 0.405. The summed E-state index contributed by atoms with van der Waals surface area (Å²) in [5, 5.41) is 33.5. The van der Waals surface area contributed by atoms with Crippen molar-refractivity contribution >= 4 is 0 Å². The molecule has 0 fully saturated rings. The fourth-order valence-corrected chi connectivity index (χ4v) is 1.05. The van der Waals surface area contributed by atoms with Crippen molar-refractivity contribution in [2.75, 3.05) is 0 Å². The maximum atomic E-state index is 8.38. The minimum absolute atomic E-state index is 0. The van der Waals surface area contributed by atoms with Crippen LogP contribution in [0.25, 0.3) is 0 Å². The van der Waals surface area contributed by atoms with Gasteiger partial charge in [-0.3, -0.25) is 0 Å². The van der Waals surface area contributed by atoms with Gasteiger partial charge in [0.05, 0.1) is 11.1 Å². The average molecular weight is 276 g/mol. The maximum absolute atomic E-state index is 8.38. The summed E-state index contributed by atoms with van der Waals surface area (Å²) < 4.78 is 0. The number of rotatable bonds is 0. The summed E-state index contributed by atoms with van der Waals surface area (Å²) in [5.41, 5.74) is 0.926. The molecule has 0 radical (unpaired) electrons. The maximum Gasteiger partial charge on any atom is 0.281 e. The summed E-state index contributed by atoms with van der Waals surface area (Å²) in [5.74, 6) is -1.23. The Hall–Kier alpha value is -1.84. The number of aliphatic hydroxyl groups is 4. The Morgan fingerprint density at radius 3 is 0.941 bits per heavy atom. The van der Waals surface area contributed by atoms with E-state index in [0.717, 1.165) is 0 Å². The van der Waals surface area contributed by atoms with Gasteiger partial charge in [0.1, 0.15) is 0 Å². The minimum Gasteiger partial charge on any atom is -0.481 e. The molecule has 2 aliphatic carbocycles. The van der Waals surface area contributed by atoms with Gasteiger partial charge in [0.2, 0.25) is 0 Å². The third-order valence-corrected chi connectivity index (χ3v) is 1.84. The third kappa shape index (κ3) is 5.15. The van der Waals surface area contributed by atoms with Crippen LogP contribution in [0, 0.1) is 0 Å². The number of aliphatic hydroxyl groups excluding tert-OH is 2. The van der Waals surface area contributed by atoms with Crippen molar-refractivity contribution in [1.82, 2.24) is 0 Å². The van der Waals surface area contributed by atoms with Gasteiger partial charge in [-0.15, -0.1) is 0 Å². The van der Waals surface area contributed by atoms with Crippen LogP contribution >= 0.6 is 0 Å². The van der Waals surface area contributed by atoms with Crippen LogP contribution in [-0.2, 0) is 17.1 Å². The van der Waals surface area contributed by atoms with Crippen molar-refractivity contribution in [2.45, 2.75) is 0 Å². The second-order valence-corrected chi connectivity index (χ2v) is 2.99. The molecule has 0 bridgehead atoms. The average Bonchev–Trinajstić information content (AvgIpc) is 2.93. The Morgan fingerprint density at radius 1 is 0.588 bits per heavy atom. The summed E-state index contributed by atoms with van der Waals surface area (Å²) in [4.78, 5) is 0. The van der Waals surface area contributed by atoms with Gasteiger partial charge in [0.15, 0.2) is 0 Å². The monoisotopic (exact) mass is 276 g/mol. The van der Waals surface area contributed by atoms with E-state index in [4.69, 9.17) is 20.4 Å². The molecule has 0 unspecified atom stereocenters. The second-order valence-electron chi connectivity index (χ2n) is 2.99. The molecule has 2 aliphatic rings. The Kier molecular flexibility index (Phi) is 6.63. The summed E-state index contributed by atoms with van der Waals surface area (Å²) in [7, 11) is 0. The normalized spacial score (nSPS) is 14.4. The zero-order valence-electron chi connectivity index (χ0n) is 8.76. The molecule has 0 heterocycles. The first kappa shape index (κ1) is 15.2. The first-order chi connectivity index (χ1) is 7.61. The van der Waals surface area contributed by atoms with E-state index >= 15 is 0 Å². The van der Waals surface area contributed by atoms with Crippen LogP contribution in [0.3, 0.4) is 0 Å². The fourth-order valence-electron chi connectivity index (χ4n) is 1.05. The first-order valence-corrected chi connectivity index (χ1v) is 4.55. The van der Waals surface area contributed by atoms with E-state index < -0.39 is 11.9 Å². The van der Waals surface area contributed by atoms with Crippen LogP contribution in [0.2, 0.25) is 0 Å². The summed E-state index contributed by atoms with van der Waals surface area (Å²) >= 11 is 0. The molecule has 0 aromatic heterocycles. The standard InChI is InChI=1S/2C6H6O2.Fe/c2*7-6(8)5-3-1-2-4-5;/h2*1-4,7-8H;. The molecule has 0 spiro atoms. The molecule has 0 aromatic carbocycles. The van der Waals surface area contributed by atoms with E-state index in [2.05, 4.69) is 0 Å². The van der Waals surface area contributed by atoms with Crippen LogP contribution in [0.15, 0.2) is 71.6 Å². The predicted octanol–water partition coefficient (Wildman–Crippen LogP) is 2.88. The van der Waals surface area contributed by atoms with Crippen molar-refractivity contribution in [3.63, 3.8) is 0 Å². The predicted molar refractivity (Wildman–Crippen MR) is 61.1 cm³/mol. The molecule has 0 aliphatic heterocycles. The molecule has 92 valence electrons. The zero-order chi connectivity index (χ0) is 12.0. The first-order valence-electron chi connectivity index (χ1n) is 4.55. The summed E-state index contributed by atoms with van der Waals surface area (Å²) in [6.45, 7) is 0. The van der Waals surface area contributed by atoms with Gasteiger partial charge in [-0.05, 0) is 24.3 Å². The molecular formula is C12H12FeO4. The molecule has 0 aromatic rings. The smallest absolute Gasteiger partial charge is 0.281 e. The summed E-state index contributed by atoms with van der Waals surface area (Å²) in [6.07, 6.45) is 13.4.